The summed E-state index contributed by atoms with van der Waals surface area (Å²) in [6, 6.07) is 6.81. The molecule has 1 aromatic carbocycles. The highest BCUT2D eigenvalue weighted by atomic mass is 14.9. The van der Waals surface area contributed by atoms with E-state index in [1.807, 2.05) is 0 Å². The van der Waals surface area contributed by atoms with Gasteiger partial charge in [-0.3, -0.25) is 0 Å². The minimum absolute atomic E-state index is 0.562. The van der Waals surface area contributed by atoms with Crippen molar-refractivity contribution in [2.45, 2.75) is 38.5 Å². The number of aryl methyl sites for hydroxylation is 1. The largest absolute Gasteiger partial charge is 0.319 e. The van der Waals surface area contributed by atoms with Crippen molar-refractivity contribution in [3.63, 3.8) is 0 Å². The smallest absolute Gasteiger partial charge is 0.000577 e. The van der Waals surface area contributed by atoms with Crippen LogP contribution in [-0.2, 0) is 5.41 Å². The van der Waals surface area contributed by atoms with E-state index in [1.165, 1.54) is 36.9 Å². The van der Waals surface area contributed by atoms with Crippen LogP contribution in [0.3, 0.4) is 0 Å². The van der Waals surface area contributed by atoms with Gasteiger partial charge in [-0.25, -0.2) is 0 Å². The van der Waals surface area contributed by atoms with Gasteiger partial charge in [-0.05, 0) is 67.7 Å². The fourth-order valence-electron chi connectivity index (χ4n) is 4.17. The van der Waals surface area contributed by atoms with Gasteiger partial charge in [-0.15, -0.1) is 0 Å². The summed E-state index contributed by atoms with van der Waals surface area (Å²) in [6.45, 7) is 5.73. The first kappa shape index (κ1) is 10.3. The molecule has 0 aliphatic heterocycles. The highest BCUT2D eigenvalue weighted by molar-refractivity contribution is 5.46. The first-order chi connectivity index (χ1) is 7.61. The molecular weight excluding hydrogens is 194 g/mol. The van der Waals surface area contributed by atoms with Crippen molar-refractivity contribution in [1.29, 1.82) is 0 Å². The van der Waals surface area contributed by atoms with Gasteiger partial charge in [0.15, 0.2) is 0 Å². The minimum Gasteiger partial charge on any atom is -0.319 e. The third-order valence-corrected chi connectivity index (χ3v) is 4.87. The molecule has 3 aliphatic rings. The third kappa shape index (κ3) is 1.15. The Hall–Kier alpha value is -0.820. The van der Waals surface area contributed by atoms with Gasteiger partial charge in [0.1, 0.15) is 0 Å². The van der Waals surface area contributed by atoms with Crippen LogP contribution < -0.4 is 5.32 Å². The van der Waals surface area contributed by atoms with Crippen molar-refractivity contribution in [2.75, 3.05) is 13.6 Å². The zero-order chi connectivity index (χ0) is 11.4. The van der Waals surface area contributed by atoms with Crippen molar-refractivity contribution in [3.8, 4) is 0 Å². The van der Waals surface area contributed by atoms with Crippen LogP contribution in [0.5, 0.6) is 0 Å². The van der Waals surface area contributed by atoms with Gasteiger partial charge in [0.25, 0.3) is 0 Å². The molecule has 0 amide bonds. The summed E-state index contributed by atoms with van der Waals surface area (Å²) >= 11 is 0. The highest BCUT2D eigenvalue weighted by Crippen LogP contribution is 2.73. The lowest BCUT2D eigenvalue weighted by Crippen LogP contribution is -2.67. The van der Waals surface area contributed by atoms with E-state index in [2.05, 4.69) is 44.4 Å². The van der Waals surface area contributed by atoms with Crippen LogP contribution in [0.2, 0.25) is 0 Å². The summed E-state index contributed by atoms with van der Waals surface area (Å²) in [5.41, 5.74) is 5.83. The lowest BCUT2D eigenvalue weighted by atomic mass is 9.33. The Morgan fingerprint density at radius 1 is 1.19 bits per heavy atom. The van der Waals surface area contributed by atoms with Crippen LogP contribution >= 0.6 is 0 Å². The molecule has 16 heavy (non-hydrogen) atoms. The normalized spacial score (nSPS) is 35.4. The van der Waals surface area contributed by atoms with E-state index in [1.54, 1.807) is 5.56 Å². The second-order valence-electron chi connectivity index (χ2n) is 6.09. The molecule has 0 aromatic heterocycles. The van der Waals surface area contributed by atoms with Crippen LogP contribution in [0.4, 0.5) is 0 Å². The Labute approximate surface area is 98.3 Å². The summed E-state index contributed by atoms with van der Waals surface area (Å²) in [5.74, 6) is 0. The maximum Gasteiger partial charge on any atom is 0.000577 e. The predicted molar refractivity (Wildman–Crippen MR) is 67.8 cm³/mol. The maximum atomic E-state index is 3.34. The number of rotatable bonds is 3. The molecule has 2 bridgehead atoms. The van der Waals surface area contributed by atoms with Crippen molar-refractivity contribution in [1.82, 2.24) is 5.32 Å². The molecule has 1 heteroatoms. The molecule has 1 aromatic rings. The summed E-state index contributed by atoms with van der Waals surface area (Å²) in [5, 5.41) is 3.34. The molecule has 1 N–H and O–H groups in total. The van der Waals surface area contributed by atoms with E-state index in [-0.39, 0.29) is 0 Å². The quantitative estimate of drug-likeness (QED) is 0.817. The van der Waals surface area contributed by atoms with E-state index >= 15 is 0 Å². The summed E-state index contributed by atoms with van der Waals surface area (Å²) in [7, 11) is 2.07. The lowest BCUT2D eigenvalue weighted by Gasteiger charge is -2.71. The second-order valence-corrected chi connectivity index (χ2v) is 6.09. The molecule has 1 nitrogen and oxygen atoms in total. The molecule has 0 saturated heterocycles. The van der Waals surface area contributed by atoms with Crippen molar-refractivity contribution < 1.29 is 0 Å². The molecule has 0 atom stereocenters. The Morgan fingerprint density at radius 2 is 1.88 bits per heavy atom. The van der Waals surface area contributed by atoms with E-state index in [0.717, 1.165) is 0 Å². The third-order valence-electron chi connectivity index (χ3n) is 4.87. The molecule has 3 fully saturated rings. The van der Waals surface area contributed by atoms with Gasteiger partial charge in [-0.2, -0.15) is 0 Å². The topological polar surface area (TPSA) is 12.0 Å². The molecule has 3 saturated carbocycles. The average Bonchev–Trinajstić information content (AvgIpc) is 2.14. The predicted octanol–water partition coefficient (Wildman–Crippen LogP) is 2.94. The van der Waals surface area contributed by atoms with Crippen LogP contribution in [0.1, 0.15) is 36.0 Å². The van der Waals surface area contributed by atoms with E-state index in [4.69, 9.17) is 0 Å². The van der Waals surface area contributed by atoms with Crippen LogP contribution in [0, 0.1) is 19.3 Å². The lowest BCUT2D eigenvalue weighted by molar-refractivity contribution is -0.137. The summed E-state index contributed by atoms with van der Waals surface area (Å²) < 4.78 is 0. The van der Waals surface area contributed by atoms with Crippen molar-refractivity contribution >= 4 is 0 Å². The van der Waals surface area contributed by atoms with Gasteiger partial charge in [0.05, 0.1) is 0 Å². The maximum absolute atomic E-state index is 3.34. The Bertz CT molecular complexity index is 413. The minimum atomic E-state index is 0.562. The van der Waals surface area contributed by atoms with E-state index in [0.29, 0.717) is 10.8 Å². The fraction of sp³-hybridized carbons (Fsp3) is 0.600. The molecule has 86 valence electrons. The number of hydrogen-bond donors (Lipinski definition) is 1. The zero-order valence-electron chi connectivity index (χ0n) is 10.6. The second kappa shape index (κ2) is 3.10. The molecule has 0 radical (unpaired) electrons. The van der Waals surface area contributed by atoms with E-state index < -0.39 is 0 Å². The standard InChI is InChI=1S/C15H21N/c1-11-5-4-6-13(12(11)2)15-7-14(8-15,9-15)10-16-3/h4-6,16H,7-10H2,1-3H3. The molecule has 0 spiro atoms. The Balaban J connectivity index is 1.85. The molecule has 0 heterocycles. The van der Waals surface area contributed by atoms with Gasteiger partial charge in [0, 0.05) is 6.54 Å². The number of nitrogens with one attached hydrogen (secondary N) is 1. The first-order valence-electron chi connectivity index (χ1n) is 6.32. The van der Waals surface area contributed by atoms with Gasteiger partial charge >= 0.3 is 0 Å². The Morgan fingerprint density at radius 3 is 2.50 bits per heavy atom. The number of benzene rings is 1. The SMILES string of the molecule is CNCC12CC(c3cccc(C)c3C)(C1)C2. The molecule has 3 aliphatic carbocycles. The van der Waals surface area contributed by atoms with Crippen LogP contribution in [0.25, 0.3) is 0 Å². The Kier molecular flexibility index (Phi) is 2.00. The molecular formula is C15H21N. The molecule has 4 rings (SSSR count). The van der Waals surface area contributed by atoms with Gasteiger partial charge < -0.3 is 5.32 Å². The van der Waals surface area contributed by atoms with Crippen molar-refractivity contribution in [2.24, 2.45) is 5.41 Å². The average molecular weight is 215 g/mol. The highest BCUT2D eigenvalue weighted by Gasteiger charge is 2.67. The van der Waals surface area contributed by atoms with Crippen LogP contribution in [-0.4, -0.2) is 13.6 Å². The van der Waals surface area contributed by atoms with E-state index in [9.17, 15) is 0 Å². The fourth-order valence-corrected chi connectivity index (χ4v) is 4.17. The van der Waals surface area contributed by atoms with Crippen molar-refractivity contribution in [3.05, 3.63) is 34.9 Å². The summed E-state index contributed by atoms with van der Waals surface area (Å²) in [4.78, 5) is 0. The number of hydrogen-bond acceptors (Lipinski definition) is 1. The van der Waals surface area contributed by atoms with Gasteiger partial charge in [0.2, 0.25) is 0 Å². The monoisotopic (exact) mass is 215 g/mol. The summed E-state index contributed by atoms with van der Waals surface area (Å²) in [6.07, 6.45) is 4.22. The first-order valence-corrected chi connectivity index (χ1v) is 6.32. The van der Waals surface area contributed by atoms with Gasteiger partial charge in [-0.1, -0.05) is 18.2 Å². The zero-order valence-corrected chi connectivity index (χ0v) is 10.6. The van der Waals surface area contributed by atoms with Crippen LogP contribution in [0.15, 0.2) is 18.2 Å². The molecule has 0 unspecified atom stereocenters.